The van der Waals surface area contributed by atoms with E-state index in [1.807, 2.05) is 6.20 Å². The number of aliphatic hydroxyl groups is 1. The molecule has 3 heterocycles. The average molecular weight is 235 g/mol. The Bertz CT molecular complexity index is 382. The van der Waals surface area contributed by atoms with Gasteiger partial charge in [-0.05, 0) is 38.6 Å². The van der Waals surface area contributed by atoms with E-state index in [1.165, 1.54) is 25.0 Å². The van der Waals surface area contributed by atoms with Crippen molar-refractivity contribution in [2.75, 3.05) is 6.54 Å². The molecule has 17 heavy (non-hydrogen) atoms. The zero-order valence-corrected chi connectivity index (χ0v) is 10.2. The Hall–Kier alpha value is -0.870. The van der Waals surface area contributed by atoms with Gasteiger partial charge in [0.15, 0.2) is 0 Å². The van der Waals surface area contributed by atoms with E-state index in [0.29, 0.717) is 6.04 Å². The molecule has 1 aromatic heterocycles. The second kappa shape index (κ2) is 4.78. The van der Waals surface area contributed by atoms with Gasteiger partial charge in [-0.1, -0.05) is 6.42 Å². The van der Waals surface area contributed by atoms with Crippen molar-refractivity contribution in [3.8, 4) is 0 Å². The fourth-order valence-corrected chi connectivity index (χ4v) is 3.05. The highest BCUT2D eigenvalue weighted by Gasteiger charge is 2.23. The van der Waals surface area contributed by atoms with E-state index in [0.717, 1.165) is 38.1 Å². The second-order valence-electron chi connectivity index (χ2n) is 5.26. The summed E-state index contributed by atoms with van der Waals surface area (Å²) in [6.07, 6.45) is 9.40. The standard InChI is InChI=1S/C13H21N3O/c17-13-6-3-5-11-9-15-12(16(11)13)8-10-4-1-2-7-14-10/h9-10,13-14,17H,1-8H2. The highest BCUT2D eigenvalue weighted by molar-refractivity contribution is 5.10. The highest BCUT2D eigenvalue weighted by Crippen LogP contribution is 2.25. The maximum atomic E-state index is 10.1. The lowest BCUT2D eigenvalue weighted by Crippen LogP contribution is -2.36. The maximum Gasteiger partial charge on any atom is 0.132 e. The van der Waals surface area contributed by atoms with Crippen LogP contribution in [0.5, 0.6) is 0 Å². The third kappa shape index (κ3) is 2.24. The summed E-state index contributed by atoms with van der Waals surface area (Å²) >= 11 is 0. The van der Waals surface area contributed by atoms with E-state index in [-0.39, 0.29) is 6.23 Å². The van der Waals surface area contributed by atoms with Crippen LogP contribution < -0.4 is 5.32 Å². The van der Waals surface area contributed by atoms with Crippen LogP contribution in [0.25, 0.3) is 0 Å². The number of aliphatic hydroxyl groups excluding tert-OH is 1. The Labute approximate surface area is 102 Å². The van der Waals surface area contributed by atoms with Gasteiger partial charge in [-0.3, -0.25) is 0 Å². The summed E-state index contributed by atoms with van der Waals surface area (Å²) in [5.41, 5.74) is 1.20. The largest absolute Gasteiger partial charge is 0.373 e. The first-order valence-corrected chi connectivity index (χ1v) is 6.81. The third-order valence-electron chi connectivity index (χ3n) is 3.98. The molecule has 2 aliphatic heterocycles. The van der Waals surface area contributed by atoms with Crippen LogP contribution in [-0.2, 0) is 12.8 Å². The summed E-state index contributed by atoms with van der Waals surface area (Å²) in [4.78, 5) is 4.51. The van der Waals surface area contributed by atoms with E-state index < -0.39 is 0 Å². The summed E-state index contributed by atoms with van der Waals surface area (Å²) < 4.78 is 2.06. The van der Waals surface area contributed by atoms with E-state index in [1.54, 1.807) is 0 Å². The molecule has 4 heteroatoms. The fraction of sp³-hybridized carbons (Fsp3) is 0.769. The van der Waals surface area contributed by atoms with Crippen molar-refractivity contribution in [2.24, 2.45) is 0 Å². The van der Waals surface area contributed by atoms with Crippen molar-refractivity contribution < 1.29 is 5.11 Å². The van der Waals surface area contributed by atoms with Crippen molar-refractivity contribution in [3.63, 3.8) is 0 Å². The lowest BCUT2D eigenvalue weighted by Gasteiger charge is -2.26. The minimum atomic E-state index is -0.347. The van der Waals surface area contributed by atoms with Crippen molar-refractivity contribution >= 4 is 0 Å². The minimum Gasteiger partial charge on any atom is -0.373 e. The smallest absolute Gasteiger partial charge is 0.132 e. The Kier molecular flexibility index (Phi) is 3.16. The number of rotatable bonds is 2. The van der Waals surface area contributed by atoms with E-state index >= 15 is 0 Å². The van der Waals surface area contributed by atoms with Crippen LogP contribution in [0.3, 0.4) is 0 Å². The zero-order chi connectivity index (χ0) is 11.7. The molecule has 94 valence electrons. The van der Waals surface area contributed by atoms with Crippen LogP contribution in [0.15, 0.2) is 6.20 Å². The molecule has 2 atom stereocenters. The van der Waals surface area contributed by atoms with Gasteiger partial charge in [0.05, 0.1) is 0 Å². The van der Waals surface area contributed by atoms with Gasteiger partial charge in [-0.2, -0.15) is 0 Å². The molecular formula is C13H21N3O. The number of imidazole rings is 1. The molecule has 1 aromatic rings. The highest BCUT2D eigenvalue weighted by atomic mass is 16.3. The van der Waals surface area contributed by atoms with Crippen molar-refractivity contribution in [1.82, 2.24) is 14.9 Å². The number of hydrogen-bond acceptors (Lipinski definition) is 3. The molecule has 0 aliphatic carbocycles. The predicted molar refractivity (Wildman–Crippen MR) is 65.8 cm³/mol. The second-order valence-corrected chi connectivity index (χ2v) is 5.26. The van der Waals surface area contributed by atoms with Gasteiger partial charge in [0.2, 0.25) is 0 Å². The summed E-state index contributed by atoms with van der Waals surface area (Å²) in [6.45, 7) is 1.13. The quantitative estimate of drug-likeness (QED) is 0.814. The van der Waals surface area contributed by atoms with Crippen molar-refractivity contribution in [3.05, 3.63) is 17.7 Å². The number of aryl methyl sites for hydroxylation is 1. The van der Waals surface area contributed by atoms with Gasteiger partial charge in [-0.25, -0.2) is 4.98 Å². The summed E-state index contributed by atoms with van der Waals surface area (Å²) in [5.74, 6) is 1.06. The number of fused-ring (bicyclic) bond motifs is 1. The summed E-state index contributed by atoms with van der Waals surface area (Å²) in [7, 11) is 0. The van der Waals surface area contributed by atoms with Crippen LogP contribution in [0.4, 0.5) is 0 Å². The van der Waals surface area contributed by atoms with Gasteiger partial charge < -0.3 is 15.0 Å². The minimum absolute atomic E-state index is 0.347. The number of piperidine rings is 1. The first kappa shape index (κ1) is 11.2. The van der Waals surface area contributed by atoms with Crippen molar-refractivity contribution in [1.29, 1.82) is 0 Å². The number of hydrogen-bond donors (Lipinski definition) is 2. The fourth-order valence-electron chi connectivity index (χ4n) is 3.05. The molecule has 1 fully saturated rings. The van der Waals surface area contributed by atoms with Crippen LogP contribution in [0.1, 0.15) is 49.9 Å². The molecule has 0 radical (unpaired) electrons. The first-order valence-electron chi connectivity index (χ1n) is 6.81. The normalized spacial score (nSPS) is 29.0. The molecule has 0 spiro atoms. The van der Waals surface area contributed by atoms with Crippen molar-refractivity contribution in [2.45, 2.75) is 57.2 Å². The third-order valence-corrected chi connectivity index (χ3v) is 3.98. The Balaban J connectivity index is 1.76. The molecule has 2 aliphatic rings. The number of aromatic nitrogens is 2. The number of nitrogens with one attached hydrogen (secondary N) is 1. The molecule has 0 saturated carbocycles. The lowest BCUT2D eigenvalue weighted by atomic mass is 10.0. The topological polar surface area (TPSA) is 50.1 Å². The molecule has 0 amide bonds. The average Bonchev–Trinajstić information content (AvgIpc) is 2.75. The van der Waals surface area contributed by atoms with Gasteiger partial charge in [0, 0.05) is 24.4 Å². The Morgan fingerprint density at radius 3 is 3.12 bits per heavy atom. The molecule has 3 rings (SSSR count). The summed E-state index contributed by atoms with van der Waals surface area (Å²) in [5, 5.41) is 13.6. The van der Waals surface area contributed by atoms with E-state index in [4.69, 9.17) is 0 Å². The van der Waals surface area contributed by atoms with E-state index in [9.17, 15) is 5.11 Å². The Morgan fingerprint density at radius 1 is 1.35 bits per heavy atom. The first-order chi connectivity index (χ1) is 8.34. The van der Waals surface area contributed by atoms with Crippen LogP contribution in [0.2, 0.25) is 0 Å². The van der Waals surface area contributed by atoms with E-state index in [2.05, 4.69) is 14.9 Å². The molecular weight excluding hydrogens is 214 g/mol. The molecule has 0 aromatic carbocycles. The van der Waals surface area contributed by atoms with Gasteiger partial charge in [-0.15, -0.1) is 0 Å². The predicted octanol–water partition coefficient (Wildman–Crippen LogP) is 1.39. The number of nitrogens with zero attached hydrogens (tertiary/aromatic N) is 2. The molecule has 0 bridgehead atoms. The summed E-state index contributed by atoms with van der Waals surface area (Å²) in [6, 6.07) is 0.546. The van der Waals surface area contributed by atoms with Crippen LogP contribution in [-0.4, -0.2) is 27.2 Å². The Morgan fingerprint density at radius 2 is 2.29 bits per heavy atom. The maximum absolute atomic E-state index is 10.1. The molecule has 4 nitrogen and oxygen atoms in total. The van der Waals surface area contributed by atoms with Gasteiger partial charge in [0.1, 0.15) is 12.1 Å². The lowest BCUT2D eigenvalue weighted by molar-refractivity contribution is 0.0752. The van der Waals surface area contributed by atoms with Gasteiger partial charge >= 0.3 is 0 Å². The zero-order valence-electron chi connectivity index (χ0n) is 10.2. The molecule has 1 saturated heterocycles. The molecule has 2 N–H and O–H groups in total. The molecule has 2 unspecified atom stereocenters. The monoisotopic (exact) mass is 235 g/mol. The van der Waals surface area contributed by atoms with Crippen LogP contribution >= 0.6 is 0 Å². The SMILES string of the molecule is OC1CCCc2cnc(CC3CCCCN3)n21. The van der Waals surface area contributed by atoms with Crippen LogP contribution in [0, 0.1) is 0 Å². The van der Waals surface area contributed by atoms with Gasteiger partial charge in [0.25, 0.3) is 0 Å².